The summed E-state index contributed by atoms with van der Waals surface area (Å²) < 4.78 is 45.3. The van der Waals surface area contributed by atoms with Crippen molar-refractivity contribution < 1.29 is 22.4 Å². The van der Waals surface area contributed by atoms with Crippen LogP contribution < -0.4 is 9.62 Å². The summed E-state index contributed by atoms with van der Waals surface area (Å²) in [5, 5.41) is 5.39. The summed E-state index contributed by atoms with van der Waals surface area (Å²) in [7, 11) is -3.83. The number of nitrogens with zero attached hydrogens (tertiary/aromatic N) is 5. The molecule has 3 aliphatic rings. The Morgan fingerprint density at radius 1 is 1.21 bits per heavy atom. The van der Waals surface area contributed by atoms with Crippen LogP contribution in [0.1, 0.15) is 46.1 Å². The Kier molecular flexibility index (Phi) is 7.58. The zero-order valence-corrected chi connectivity index (χ0v) is 24.1. The van der Waals surface area contributed by atoms with E-state index < -0.39 is 28.3 Å². The highest BCUT2D eigenvalue weighted by atomic mass is 35.5. The van der Waals surface area contributed by atoms with Crippen LogP contribution in [-0.4, -0.2) is 96.7 Å². The molecule has 1 aromatic heterocycles. The van der Waals surface area contributed by atoms with Crippen molar-refractivity contribution >= 4 is 50.0 Å². The first kappa shape index (κ1) is 28.1. The predicted octanol–water partition coefficient (Wildman–Crippen LogP) is 2.52. The lowest BCUT2D eigenvalue weighted by atomic mass is 10.1. The van der Waals surface area contributed by atoms with E-state index in [0.29, 0.717) is 38.1 Å². The van der Waals surface area contributed by atoms with Crippen molar-refractivity contribution in [3.8, 4) is 0 Å². The van der Waals surface area contributed by atoms with Gasteiger partial charge >= 0.3 is 0 Å². The standard InChI is InChI=1S/C26H36ClFN6O4S/c1-17(2)25(36)32-8-6-31(7-9-32)22-11-20(39(37,38)30-26(3)4-5-26)12-23-21(22)15-29-34(23)19-10-18(14-28)33(16-19)24(35)13-27/h11-12,15,17-19,30H,4-10,13-14,16H2,1-3H3/t18-,19+/m1/s1. The van der Waals surface area contributed by atoms with Gasteiger partial charge < -0.3 is 14.7 Å². The molecule has 0 radical (unpaired) electrons. The van der Waals surface area contributed by atoms with E-state index in [-0.39, 0.29) is 41.1 Å². The molecule has 1 saturated carbocycles. The van der Waals surface area contributed by atoms with E-state index in [0.717, 1.165) is 23.9 Å². The summed E-state index contributed by atoms with van der Waals surface area (Å²) in [4.78, 5) is 30.4. The second-order valence-electron chi connectivity index (χ2n) is 11.5. The molecule has 2 amide bonds. The van der Waals surface area contributed by atoms with Crippen LogP contribution >= 0.6 is 11.6 Å². The van der Waals surface area contributed by atoms with Crippen molar-refractivity contribution in [3.63, 3.8) is 0 Å². The Hall–Kier alpha value is -2.44. The Labute approximate surface area is 233 Å². The van der Waals surface area contributed by atoms with Gasteiger partial charge in [-0.15, -0.1) is 11.6 Å². The first-order valence-corrected chi connectivity index (χ1v) is 15.5. The van der Waals surface area contributed by atoms with Gasteiger partial charge in [0.1, 0.15) is 12.6 Å². The Balaban J connectivity index is 1.53. The summed E-state index contributed by atoms with van der Waals surface area (Å²) in [6.45, 7) is 7.39. The van der Waals surface area contributed by atoms with Crippen molar-refractivity contribution in [3.05, 3.63) is 18.3 Å². The van der Waals surface area contributed by atoms with Gasteiger partial charge in [-0.25, -0.2) is 17.5 Å². The highest BCUT2D eigenvalue weighted by molar-refractivity contribution is 7.89. The van der Waals surface area contributed by atoms with Crippen LogP contribution in [0, 0.1) is 5.92 Å². The van der Waals surface area contributed by atoms with Crippen molar-refractivity contribution in [2.75, 3.05) is 50.2 Å². The number of alkyl halides is 2. The van der Waals surface area contributed by atoms with E-state index >= 15 is 0 Å². The normalized spacial score (nSPS) is 23.2. The molecule has 1 aliphatic carbocycles. The average molecular weight is 583 g/mol. The number of sulfonamides is 1. The number of halogens is 2. The lowest BCUT2D eigenvalue weighted by molar-refractivity contribution is -0.134. The smallest absolute Gasteiger partial charge is 0.241 e. The number of piperazine rings is 1. The minimum Gasteiger partial charge on any atom is -0.367 e. The van der Waals surface area contributed by atoms with E-state index in [1.54, 1.807) is 23.0 Å². The number of carbonyl (C=O) groups excluding carboxylic acids is 2. The summed E-state index contributed by atoms with van der Waals surface area (Å²) in [5.41, 5.74) is 0.891. The number of hydrogen-bond acceptors (Lipinski definition) is 6. The number of fused-ring (bicyclic) bond motifs is 1. The maximum absolute atomic E-state index is 13.8. The molecule has 2 aromatic rings. The van der Waals surface area contributed by atoms with Crippen LogP contribution in [0.15, 0.2) is 23.2 Å². The first-order chi connectivity index (χ1) is 18.5. The van der Waals surface area contributed by atoms with E-state index in [9.17, 15) is 22.4 Å². The molecule has 2 aliphatic heterocycles. The first-order valence-electron chi connectivity index (χ1n) is 13.5. The third-order valence-corrected chi connectivity index (χ3v) is 9.98. The summed E-state index contributed by atoms with van der Waals surface area (Å²) in [5.74, 6) is -0.552. The van der Waals surface area contributed by atoms with Crippen LogP contribution in [0.4, 0.5) is 10.1 Å². The van der Waals surface area contributed by atoms with Crippen LogP contribution in [0.5, 0.6) is 0 Å². The molecular formula is C26H36ClFN6O4S. The molecule has 3 heterocycles. The maximum Gasteiger partial charge on any atom is 0.241 e. The Bertz CT molecular complexity index is 1370. The minimum absolute atomic E-state index is 0.0883. The quantitative estimate of drug-likeness (QED) is 0.479. The molecular weight excluding hydrogens is 547 g/mol. The topological polar surface area (TPSA) is 108 Å². The van der Waals surface area contributed by atoms with Gasteiger partial charge in [0.2, 0.25) is 21.8 Å². The number of likely N-dealkylation sites (tertiary alicyclic amines) is 1. The summed E-state index contributed by atoms with van der Waals surface area (Å²) >= 11 is 5.76. The molecule has 1 aromatic carbocycles. The number of anilines is 1. The van der Waals surface area contributed by atoms with E-state index in [1.165, 1.54) is 4.90 Å². The second kappa shape index (κ2) is 10.5. The summed E-state index contributed by atoms with van der Waals surface area (Å²) in [6, 6.07) is 2.38. The second-order valence-corrected chi connectivity index (χ2v) is 13.4. The van der Waals surface area contributed by atoms with Crippen molar-refractivity contribution in [1.82, 2.24) is 24.3 Å². The van der Waals surface area contributed by atoms with Gasteiger partial charge in [0, 0.05) is 55.3 Å². The van der Waals surface area contributed by atoms with Gasteiger partial charge in [-0.3, -0.25) is 14.3 Å². The summed E-state index contributed by atoms with van der Waals surface area (Å²) in [6.07, 6.45) is 3.62. The van der Waals surface area contributed by atoms with Gasteiger partial charge in [-0.05, 0) is 38.3 Å². The van der Waals surface area contributed by atoms with Crippen molar-refractivity contribution in [1.29, 1.82) is 0 Å². The highest BCUT2D eigenvalue weighted by Gasteiger charge is 2.42. The lowest BCUT2D eigenvalue weighted by Gasteiger charge is -2.37. The lowest BCUT2D eigenvalue weighted by Crippen LogP contribution is -2.50. The van der Waals surface area contributed by atoms with Crippen LogP contribution in [0.25, 0.3) is 10.9 Å². The molecule has 2 atom stereocenters. The molecule has 1 N–H and O–H groups in total. The fourth-order valence-electron chi connectivity index (χ4n) is 5.61. The van der Waals surface area contributed by atoms with Crippen molar-refractivity contribution in [2.45, 2.75) is 62.6 Å². The fraction of sp³-hybridized carbons (Fsp3) is 0.654. The van der Waals surface area contributed by atoms with E-state index in [1.807, 2.05) is 25.7 Å². The molecule has 39 heavy (non-hydrogen) atoms. The molecule has 5 rings (SSSR count). The number of rotatable bonds is 8. The number of hydrogen-bond donors (Lipinski definition) is 1. The monoisotopic (exact) mass is 582 g/mol. The Morgan fingerprint density at radius 3 is 2.49 bits per heavy atom. The van der Waals surface area contributed by atoms with Crippen LogP contribution in [-0.2, 0) is 19.6 Å². The number of aromatic nitrogens is 2. The van der Waals surface area contributed by atoms with Gasteiger partial charge in [-0.1, -0.05) is 13.8 Å². The SMILES string of the molecule is CC(C)C(=O)N1CCN(c2cc(S(=O)(=O)NC3(C)CC3)cc3c2cnn3[C@H]2C[C@H](CF)N(C(=O)CCl)C2)CC1. The maximum atomic E-state index is 13.8. The Morgan fingerprint density at radius 2 is 1.90 bits per heavy atom. The molecule has 10 nitrogen and oxygen atoms in total. The molecule has 0 unspecified atom stereocenters. The molecule has 214 valence electrons. The molecule has 2 saturated heterocycles. The van der Waals surface area contributed by atoms with Gasteiger partial charge in [-0.2, -0.15) is 5.10 Å². The third kappa shape index (κ3) is 5.47. The van der Waals surface area contributed by atoms with Gasteiger partial charge in [0.25, 0.3) is 0 Å². The average Bonchev–Trinajstić information content (AvgIpc) is 3.30. The molecule has 0 spiro atoms. The minimum atomic E-state index is -3.83. The zero-order chi connectivity index (χ0) is 28.1. The zero-order valence-electron chi connectivity index (χ0n) is 22.6. The third-order valence-electron chi connectivity index (χ3n) is 8.14. The number of benzene rings is 1. The molecule has 13 heteroatoms. The largest absolute Gasteiger partial charge is 0.367 e. The number of amides is 2. The van der Waals surface area contributed by atoms with E-state index in [4.69, 9.17) is 11.6 Å². The van der Waals surface area contributed by atoms with Crippen molar-refractivity contribution in [2.24, 2.45) is 5.92 Å². The van der Waals surface area contributed by atoms with Gasteiger partial charge in [0.15, 0.2) is 0 Å². The highest BCUT2D eigenvalue weighted by Crippen LogP contribution is 2.39. The van der Waals surface area contributed by atoms with E-state index in [2.05, 4.69) is 14.7 Å². The van der Waals surface area contributed by atoms with Gasteiger partial charge in [0.05, 0.1) is 28.7 Å². The van der Waals surface area contributed by atoms with Crippen LogP contribution in [0.2, 0.25) is 0 Å². The number of nitrogens with one attached hydrogen (secondary N) is 1. The molecule has 0 bridgehead atoms. The number of carbonyl (C=O) groups is 2. The fourth-order valence-corrected chi connectivity index (χ4v) is 7.27. The van der Waals surface area contributed by atoms with Crippen LogP contribution in [0.3, 0.4) is 0 Å². The predicted molar refractivity (Wildman–Crippen MR) is 147 cm³/mol. The molecule has 3 fully saturated rings.